The van der Waals surface area contributed by atoms with Crippen molar-refractivity contribution < 1.29 is 72.8 Å². The first-order chi connectivity index (χ1) is 41.5. The van der Waals surface area contributed by atoms with Crippen LogP contribution in [0.15, 0.2) is 205 Å². The molecule has 3 aromatic heterocycles. The SMILES string of the molecule is CC(C)c1cc(-c2ccccc2)cc(C(C)C)c1-n1c(-c2[c-]ccc3c2oc2cc(F)c(-c4ccccc4)cc23)nc2ccccc21.Fc1ccc(-c2cc(-c3nc4ccccc4n3-c3c(C(F)(F)F)cccc3C(F)(F)F)[c-]cc2C(F)(F)F)cc1.[Ir]. The topological polar surface area (TPSA) is 48.8 Å². The fourth-order valence-electron chi connectivity index (χ4n) is 11.2. The van der Waals surface area contributed by atoms with Crippen LogP contribution in [0.3, 0.4) is 0 Å². The molecule has 13 rings (SSSR count). The molecule has 0 atom stereocenters. The van der Waals surface area contributed by atoms with E-state index in [1.807, 2.05) is 54.6 Å². The number of benzene rings is 10. The predicted molar refractivity (Wildman–Crippen MR) is 317 cm³/mol. The van der Waals surface area contributed by atoms with Crippen molar-refractivity contribution in [1.29, 1.82) is 0 Å². The Labute approximate surface area is 510 Å². The molecule has 0 aliphatic rings. The van der Waals surface area contributed by atoms with Crippen LogP contribution in [-0.2, 0) is 38.6 Å². The van der Waals surface area contributed by atoms with Crippen LogP contribution in [0, 0.1) is 23.8 Å². The van der Waals surface area contributed by atoms with Crippen molar-refractivity contribution in [2.24, 2.45) is 0 Å². The molecule has 0 spiro atoms. The summed E-state index contributed by atoms with van der Waals surface area (Å²) in [6, 6.07) is 58.6. The first kappa shape index (κ1) is 60.5. The summed E-state index contributed by atoms with van der Waals surface area (Å²) in [6.07, 6.45) is -15.4. The molecule has 13 aromatic rings. The number of aromatic nitrogens is 4. The molecule has 0 bridgehead atoms. The molecule has 0 aliphatic carbocycles. The van der Waals surface area contributed by atoms with Gasteiger partial charge in [0.2, 0.25) is 0 Å². The number of alkyl halides is 9. The zero-order valence-corrected chi connectivity index (χ0v) is 49.3. The van der Waals surface area contributed by atoms with Gasteiger partial charge in [0.25, 0.3) is 0 Å². The van der Waals surface area contributed by atoms with Gasteiger partial charge >= 0.3 is 18.5 Å². The molecular weight excluding hydrogens is 1330 g/mol. The zero-order chi connectivity index (χ0) is 61.3. The van der Waals surface area contributed by atoms with E-state index in [1.54, 1.807) is 0 Å². The van der Waals surface area contributed by atoms with Crippen LogP contribution in [0.2, 0.25) is 0 Å². The van der Waals surface area contributed by atoms with E-state index < -0.39 is 58.1 Å². The first-order valence-corrected chi connectivity index (χ1v) is 27.5. The van der Waals surface area contributed by atoms with E-state index >= 15 is 4.39 Å². The Bertz CT molecular complexity index is 4670. The van der Waals surface area contributed by atoms with Gasteiger partial charge in [0.05, 0.1) is 56.1 Å². The summed E-state index contributed by atoms with van der Waals surface area (Å²) in [7, 11) is 0. The molecule has 10 aromatic carbocycles. The molecule has 0 amide bonds. The van der Waals surface area contributed by atoms with Crippen LogP contribution in [-0.4, -0.2) is 19.1 Å². The van der Waals surface area contributed by atoms with Crippen molar-refractivity contribution in [3.05, 3.63) is 252 Å². The number of hydrogen-bond acceptors (Lipinski definition) is 3. The van der Waals surface area contributed by atoms with Crippen LogP contribution in [0.25, 0.3) is 112 Å². The summed E-state index contributed by atoms with van der Waals surface area (Å²) in [5.74, 6) is -0.333. The average Bonchev–Trinajstić information content (AvgIpc) is 1.63. The fourth-order valence-corrected chi connectivity index (χ4v) is 11.2. The van der Waals surface area contributed by atoms with Crippen molar-refractivity contribution >= 4 is 44.0 Å². The van der Waals surface area contributed by atoms with Gasteiger partial charge in [-0.3, -0.25) is 9.97 Å². The second-order valence-corrected chi connectivity index (χ2v) is 21.5. The molecule has 0 fully saturated rings. The maximum atomic E-state index is 15.5. The summed E-state index contributed by atoms with van der Waals surface area (Å²) in [4.78, 5) is 9.44. The van der Waals surface area contributed by atoms with E-state index in [0.29, 0.717) is 45.6 Å². The maximum Gasteiger partial charge on any atom is 0.418 e. The Morgan fingerprint density at radius 3 is 1.52 bits per heavy atom. The van der Waals surface area contributed by atoms with Gasteiger partial charge in [0, 0.05) is 42.8 Å². The Hall–Kier alpha value is -9.18. The number of halogens is 11. The normalized spacial score (nSPS) is 12.1. The molecule has 0 aliphatic heterocycles. The van der Waals surface area contributed by atoms with Crippen molar-refractivity contribution in [2.75, 3.05) is 0 Å². The van der Waals surface area contributed by atoms with Gasteiger partial charge in [0.1, 0.15) is 17.2 Å². The molecular formula is C71H47F11IrN4O-2. The Morgan fingerprint density at radius 1 is 0.455 bits per heavy atom. The number of rotatable bonds is 9. The fraction of sp³-hybridized carbons (Fsp3) is 0.127. The van der Waals surface area contributed by atoms with Crippen molar-refractivity contribution in [3.8, 4) is 67.5 Å². The summed E-state index contributed by atoms with van der Waals surface area (Å²) >= 11 is 0. The minimum absolute atomic E-state index is 0. The molecule has 0 saturated heterocycles. The zero-order valence-electron chi connectivity index (χ0n) is 46.9. The van der Waals surface area contributed by atoms with Gasteiger partial charge in [-0.1, -0.05) is 147 Å². The average molecular weight is 1370 g/mol. The summed E-state index contributed by atoms with van der Waals surface area (Å²) in [5.41, 5.74) is 4.34. The third-order valence-corrected chi connectivity index (χ3v) is 15.2. The standard InChI is InChI=1S/C43H34FN2O.C28H13F10N2.Ir/c1-26(2)33-22-30(28-14-7-5-8-15-28)23-34(27(3)4)41(33)46-39-21-12-11-20-38(39)45-43(46)32-19-13-18-31-36-24-35(29-16-9-6-10-17-29)37(44)25-40(36)47-42(31)32;29-17-11-8-15(9-12-17)18-14-16(10-13-19(18)26(30,31)32)25-39-22-6-1-2-7-23(22)40(25)24-20(27(33,34)35)4-3-5-21(24)28(36,37)38;/h5-18,20-27H,1-4H3;1-9,11-14H;/q2*-1;. The number of hydrogen-bond donors (Lipinski definition) is 0. The van der Waals surface area contributed by atoms with Crippen LogP contribution in [0.1, 0.15) is 67.3 Å². The van der Waals surface area contributed by atoms with Crippen LogP contribution >= 0.6 is 0 Å². The minimum atomic E-state index is -5.23. The molecule has 17 heteroatoms. The van der Waals surface area contributed by atoms with E-state index in [-0.39, 0.29) is 59.9 Å². The van der Waals surface area contributed by atoms with Gasteiger partial charge in [-0.15, -0.1) is 42.0 Å². The number of fused-ring (bicyclic) bond motifs is 5. The van der Waals surface area contributed by atoms with E-state index in [4.69, 9.17) is 9.40 Å². The number of furan rings is 1. The maximum absolute atomic E-state index is 15.5. The first-order valence-electron chi connectivity index (χ1n) is 27.5. The second-order valence-electron chi connectivity index (χ2n) is 21.5. The molecule has 1 radical (unpaired) electrons. The van der Waals surface area contributed by atoms with Gasteiger partial charge in [-0.05, 0) is 118 Å². The number of para-hydroxylation sites is 5. The summed E-state index contributed by atoms with van der Waals surface area (Å²) in [6.45, 7) is 9.01. The third kappa shape index (κ3) is 11.3. The van der Waals surface area contributed by atoms with Crippen LogP contribution in [0.4, 0.5) is 48.3 Å². The monoisotopic (exact) mass is 1370 g/mol. The van der Waals surface area contributed by atoms with Crippen LogP contribution in [0.5, 0.6) is 0 Å². The Balaban J connectivity index is 0.000000182. The molecule has 0 saturated carbocycles. The summed E-state index contributed by atoms with van der Waals surface area (Å²) in [5, 5.41) is 1.76. The van der Waals surface area contributed by atoms with Gasteiger partial charge < -0.3 is 13.6 Å². The third-order valence-electron chi connectivity index (χ3n) is 15.2. The van der Waals surface area contributed by atoms with Crippen molar-refractivity contribution in [3.63, 3.8) is 0 Å². The molecule has 88 heavy (non-hydrogen) atoms. The smallest absolute Gasteiger partial charge is 0.418 e. The molecule has 5 nitrogen and oxygen atoms in total. The predicted octanol–water partition coefficient (Wildman–Crippen LogP) is 21.5. The van der Waals surface area contributed by atoms with Crippen molar-refractivity contribution in [2.45, 2.75) is 58.1 Å². The second kappa shape index (κ2) is 23.5. The molecule has 0 unspecified atom stereocenters. The van der Waals surface area contributed by atoms with Crippen LogP contribution < -0.4 is 0 Å². The molecule has 3 heterocycles. The van der Waals surface area contributed by atoms with E-state index in [2.05, 4.69) is 110 Å². The number of nitrogens with zero attached hydrogens (tertiary/aromatic N) is 4. The Morgan fingerprint density at radius 2 is 0.966 bits per heavy atom. The van der Waals surface area contributed by atoms with Gasteiger partial charge in [-0.25, -0.2) is 8.78 Å². The largest absolute Gasteiger partial charge is 0.500 e. The quantitative estimate of drug-likeness (QED) is 0.107. The van der Waals surface area contributed by atoms with E-state index in [0.717, 1.165) is 74.8 Å². The van der Waals surface area contributed by atoms with E-state index in [9.17, 15) is 43.9 Å². The van der Waals surface area contributed by atoms with Crippen molar-refractivity contribution in [1.82, 2.24) is 19.1 Å². The minimum Gasteiger partial charge on any atom is -0.500 e. The van der Waals surface area contributed by atoms with Gasteiger partial charge in [-0.2, -0.15) is 39.5 Å². The molecule has 445 valence electrons. The summed E-state index contributed by atoms with van der Waals surface area (Å²) < 4.78 is 164. The number of imidazole rings is 2. The molecule has 0 N–H and O–H groups in total. The van der Waals surface area contributed by atoms with E-state index in [1.165, 1.54) is 52.6 Å². The Kier molecular flexibility index (Phi) is 16.2. The van der Waals surface area contributed by atoms with Gasteiger partial charge in [0.15, 0.2) is 0 Å².